The zero-order chi connectivity index (χ0) is 23.9. The van der Waals surface area contributed by atoms with Crippen LogP contribution in [0.5, 0.6) is 11.5 Å². The predicted octanol–water partition coefficient (Wildman–Crippen LogP) is 4.41. The Kier molecular flexibility index (Phi) is 5.41. The monoisotopic (exact) mass is 474 g/mol. The largest absolute Gasteiger partial charge is 0.457 e. The molecule has 8 nitrogen and oxygen atoms in total. The lowest BCUT2D eigenvalue weighted by molar-refractivity contribution is -0.125. The molecule has 2 aromatic carbocycles. The summed E-state index contributed by atoms with van der Waals surface area (Å²) in [6.07, 6.45) is 5.63. The molecule has 2 aromatic heterocycles. The second-order valence-electron chi connectivity index (χ2n) is 8.06. The quantitative estimate of drug-likeness (QED) is 0.459. The lowest BCUT2D eigenvalue weighted by Gasteiger charge is -2.21. The molecule has 0 fully saturated rings. The van der Waals surface area contributed by atoms with E-state index < -0.39 is 9.84 Å². The van der Waals surface area contributed by atoms with E-state index in [1.807, 2.05) is 36.4 Å². The van der Waals surface area contributed by atoms with Gasteiger partial charge >= 0.3 is 0 Å². The first-order valence-electron chi connectivity index (χ1n) is 10.7. The Balaban J connectivity index is 1.61. The third kappa shape index (κ3) is 4.17. The third-order valence-corrected chi connectivity index (χ3v) is 6.74. The summed E-state index contributed by atoms with van der Waals surface area (Å²) in [5.41, 5.74) is 3.69. The van der Waals surface area contributed by atoms with Crippen LogP contribution in [0.2, 0.25) is 0 Å². The molecule has 5 rings (SSSR count). The van der Waals surface area contributed by atoms with Crippen molar-refractivity contribution < 1.29 is 17.9 Å². The van der Waals surface area contributed by atoms with Crippen LogP contribution >= 0.6 is 0 Å². The summed E-state index contributed by atoms with van der Waals surface area (Å²) < 4.78 is 29.8. The summed E-state index contributed by atoms with van der Waals surface area (Å²) in [5, 5.41) is 0. The fourth-order valence-electron chi connectivity index (χ4n) is 3.97. The van der Waals surface area contributed by atoms with E-state index in [1.165, 1.54) is 19.1 Å². The van der Waals surface area contributed by atoms with Crippen LogP contribution in [0, 0.1) is 0 Å². The highest BCUT2D eigenvalue weighted by atomic mass is 32.2. The Morgan fingerprint density at radius 1 is 1.12 bits per heavy atom. The first kappa shape index (κ1) is 21.8. The highest BCUT2D eigenvalue weighted by molar-refractivity contribution is 7.90. The number of hydrogen-bond donors (Lipinski definition) is 1. The van der Waals surface area contributed by atoms with E-state index in [0.717, 1.165) is 29.5 Å². The van der Waals surface area contributed by atoms with Crippen molar-refractivity contribution in [1.29, 1.82) is 0 Å². The van der Waals surface area contributed by atoms with Gasteiger partial charge in [0, 0.05) is 37.6 Å². The maximum Gasteiger partial charge on any atom is 0.223 e. The van der Waals surface area contributed by atoms with Gasteiger partial charge in [0.2, 0.25) is 5.91 Å². The number of carbonyl (C=O) groups excluding carboxylic acids is 1. The first-order chi connectivity index (χ1) is 16.3. The number of carbonyl (C=O) groups is 1. The number of fused-ring (bicyclic) bond motifs is 1. The van der Waals surface area contributed by atoms with Gasteiger partial charge in [0.15, 0.2) is 15.7 Å². The molecule has 34 heavy (non-hydrogen) atoms. The van der Waals surface area contributed by atoms with Crippen LogP contribution in [0.4, 0.5) is 0 Å². The maximum atomic E-state index is 12.2. The Labute approximate surface area is 196 Å². The highest BCUT2D eigenvalue weighted by Crippen LogP contribution is 2.38. The number of H-pyrrole nitrogens is 1. The number of aromatic amines is 1. The van der Waals surface area contributed by atoms with E-state index in [0.29, 0.717) is 35.1 Å². The molecule has 1 N–H and O–H groups in total. The highest BCUT2D eigenvalue weighted by Gasteiger charge is 2.24. The van der Waals surface area contributed by atoms with Crippen LogP contribution in [0.3, 0.4) is 0 Å². The van der Waals surface area contributed by atoms with Gasteiger partial charge in [-0.1, -0.05) is 12.1 Å². The number of nitrogens with zero attached hydrogens (tertiary/aromatic N) is 3. The van der Waals surface area contributed by atoms with Crippen LogP contribution in [0.15, 0.2) is 71.8 Å². The summed E-state index contributed by atoms with van der Waals surface area (Å²) in [4.78, 5) is 26.5. The summed E-state index contributed by atoms with van der Waals surface area (Å²) in [5.74, 6) is 1.56. The van der Waals surface area contributed by atoms with E-state index in [-0.39, 0.29) is 10.8 Å². The zero-order valence-corrected chi connectivity index (χ0v) is 19.5. The number of pyridine rings is 1. The molecule has 0 saturated carbocycles. The van der Waals surface area contributed by atoms with Gasteiger partial charge in [0.25, 0.3) is 0 Å². The van der Waals surface area contributed by atoms with Crippen LogP contribution in [-0.2, 0) is 14.6 Å². The second-order valence-corrected chi connectivity index (χ2v) is 10.1. The Morgan fingerprint density at radius 2 is 1.91 bits per heavy atom. The first-order valence-corrected chi connectivity index (χ1v) is 12.6. The molecular weight excluding hydrogens is 452 g/mol. The number of benzene rings is 2. The van der Waals surface area contributed by atoms with E-state index >= 15 is 0 Å². The lowest BCUT2D eigenvalue weighted by atomic mass is 10.1. The summed E-state index contributed by atoms with van der Waals surface area (Å²) >= 11 is 0. The van der Waals surface area contributed by atoms with Gasteiger partial charge in [-0.3, -0.25) is 9.78 Å². The number of nitrogens with one attached hydrogen (secondary N) is 1. The summed E-state index contributed by atoms with van der Waals surface area (Å²) in [7, 11) is -3.31. The van der Waals surface area contributed by atoms with Crippen molar-refractivity contribution in [2.24, 2.45) is 0 Å². The Morgan fingerprint density at radius 3 is 2.59 bits per heavy atom. The number of hydrogen-bond acceptors (Lipinski definition) is 6. The van der Waals surface area contributed by atoms with Crippen molar-refractivity contribution >= 4 is 32.5 Å². The van der Waals surface area contributed by atoms with Crippen molar-refractivity contribution in [3.05, 3.63) is 72.4 Å². The SMILES string of the molecule is CC(=O)N1CCC=C1c1cc2[nH]c(-c3ccccn3)nc2cc1Oc1ccc(S(C)(=O)=O)cc1. The van der Waals surface area contributed by atoms with Crippen LogP contribution in [0.1, 0.15) is 18.9 Å². The van der Waals surface area contributed by atoms with Gasteiger partial charge in [-0.25, -0.2) is 13.4 Å². The van der Waals surface area contributed by atoms with Gasteiger partial charge in [0.1, 0.15) is 17.2 Å². The van der Waals surface area contributed by atoms with Crippen molar-refractivity contribution in [3.8, 4) is 23.0 Å². The minimum atomic E-state index is -3.31. The topological polar surface area (TPSA) is 105 Å². The maximum absolute atomic E-state index is 12.2. The van der Waals surface area contributed by atoms with Crippen molar-refractivity contribution in [2.45, 2.75) is 18.2 Å². The fraction of sp³-hybridized carbons (Fsp3) is 0.160. The summed E-state index contributed by atoms with van der Waals surface area (Å²) in [6, 6.07) is 15.6. The fourth-order valence-corrected chi connectivity index (χ4v) is 4.60. The number of ether oxygens (including phenoxy) is 1. The predicted molar refractivity (Wildman–Crippen MR) is 129 cm³/mol. The summed E-state index contributed by atoms with van der Waals surface area (Å²) in [6.45, 7) is 2.14. The number of rotatable bonds is 5. The van der Waals surface area contributed by atoms with Crippen LogP contribution < -0.4 is 4.74 Å². The molecule has 1 aliphatic rings. The Hall–Kier alpha value is -3.98. The molecule has 9 heteroatoms. The standard InChI is InChI=1S/C25H22N4O4S/c1-16(30)29-13-5-7-23(29)19-14-21-22(28-25(27-21)20-6-3-4-12-26-20)15-24(19)33-17-8-10-18(11-9-17)34(2,31)32/h3-4,6-12,14-15H,5,13H2,1-2H3,(H,27,28). The minimum Gasteiger partial charge on any atom is -0.457 e. The molecule has 1 amide bonds. The van der Waals surface area contributed by atoms with E-state index in [9.17, 15) is 13.2 Å². The lowest BCUT2D eigenvalue weighted by Crippen LogP contribution is -2.24. The molecule has 0 radical (unpaired) electrons. The molecule has 172 valence electrons. The second kappa shape index (κ2) is 8.42. The molecule has 4 aromatic rings. The van der Waals surface area contributed by atoms with Crippen molar-refractivity contribution in [3.63, 3.8) is 0 Å². The van der Waals surface area contributed by atoms with Crippen LogP contribution in [0.25, 0.3) is 28.2 Å². The van der Waals surface area contributed by atoms with Gasteiger partial charge in [-0.2, -0.15) is 0 Å². The number of imidazole rings is 1. The molecule has 3 heterocycles. The number of sulfone groups is 1. The van der Waals surface area contributed by atoms with Crippen LogP contribution in [-0.4, -0.2) is 47.0 Å². The Bertz CT molecular complexity index is 1520. The average Bonchev–Trinajstić information content (AvgIpc) is 3.46. The van der Waals surface area contributed by atoms with Crippen molar-refractivity contribution in [2.75, 3.05) is 12.8 Å². The molecule has 0 atom stereocenters. The normalized spacial score (nSPS) is 13.8. The van der Waals surface area contributed by atoms with Crippen molar-refractivity contribution in [1.82, 2.24) is 19.9 Å². The molecule has 0 spiro atoms. The molecular formula is C25H22N4O4S. The smallest absolute Gasteiger partial charge is 0.223 e. The minimum absolute atomic E-state index is 0.0499. The van der Waals surface area contributed by atoms with E-state index in [1.54, 1.807) is 23.2 Å². The van der Waals surface area contributed by atoms with E-state index in [2.05, 4.69) is 15.0 Å². The molecule has 0 aliphatic carbocycles. The number of aromatic nitrogens is 3. The van der Waals surface area contributed by atoms with Gasteiger partial charge in [-0.15, -0.1) is 0 Å². The number of amides is 1. The molecule has 0 saturated heterocycles. The molecule has 1 aliphatic heterocycles. The third-order valence-electron chi connectivity index (χ3n) is 5.61. The van der Waals surface area contributed by atoms with Gasteiger partial charge in [0.05, 0.1) is 21.6 Å². The zero-order valence-electron chi connectivity index (χ0n) is 18.6. The molecule has 0 unspecified atom stereocenters. The van der Waals surface area contributed by atoms with Gasteiger partial charge in [-0.05, 0) is 48.9 Å². The van der Waals surface area contributed by atoms with E-state index in [4.69, 9.17) is 4.74 Å². The molecule has 0 bridgehead atoms. The van der Waals surface area contributed by atoms with Gasteiger partial charge < -0.3 is 14.6 Å². The average molecular weight is 475 g/mol.